The zero-order valence-electron chi connectivity index (χ0n) is 10.8. The minimum Gasteiger partial charge on any atom is -0.491 e. The molecule has 0 aliphatic rings. The topological polar surface area (TPSA) is 50.4 Å². The second kappa shape index (κ2) is 7.53. The molecule has 2 N–H and O–H groups in total. The zero-order valence-corrected chi connectivity index (χ0v) is 10.8. The highest BCUT2D eigenvalue weighted by Gasteiger charge is 2.04. The van der Waals surface area contributed by atoms with Gasteiger partial charge in [0.05, 0.1) is 6.61 Å². The molecular weight excluding hydrogens is 235 g/mol. The summed E-state index contributed by atoms with van der Waals surface area (Å²) < 4.78 is 18.6. The molecular formula is C13H19FN2O2. The van der Waals surface area contributed by atoms with Crippen LogP contribution in [0.25, 0.3) is 0 Å². The molecule has 0 saturated heterocycles. The average Bonchev–Trinajstić information content (AvgIpc) is 2.37. The highest BCUT2D eigenvalue weighted by Crippen LogP contribution is 2.21. The van der Waals surface area contributed by atoms with E-state index in [1.54, 1.807) is 19.2 Å². The molecule has 0 bridgehead atoms. The molecule has 0 radical (unpaired) electrons. The van der Waals surface area contributed by atoms with E-state index in [2.05, 4.69) is 10.6 Å². The van der Waals surface area contributed by atoms with E-state index in [-0.39, 0.29) is 17.5 Å². The van der Waals surface area contributed by atoms with Gasteiger partial charge in [-0.25, -0.2) is 4.39 Å². The molecule has 0 aliphatic heterocycles. The number of ether oxygens (including phenoxy) is 1. The smallest absolute Gasteiger partial charge is 0.219 e. The molecule has 1 amide bonds. The number of halogens is 1. The average molecular weight is 254 g/mol. The van der Waals surface area contributed by atoms with Crippen LogP contribution in [0.5, 0.6) is 5.75 Å². The van der Waals surface area contributed by atoms with Gasteiger partial charge < -0.3 is 15.4 Å². The number of hydrogen-bond acceptors (Lipinski definition) is 3. The summed E-state index contributed by atoms with van der Waals surface area (Å²) in [6.45, 7) is 2.88. The first kappa shape index (κ1) is 14.3. The van der Waals surface area contributed by atoms with E-state index < -0.39 is 0 Å². The maximum absolute atomic E-state index is 13.5. The van der Waals surface area contributed by atoms with E-state index in [1.165, 1.54) is 6.07 Å². The minimum absolute atomic E-state index is 0.00896. The maximum atomic E-state index is 13.5. The Morgan fingerprint density at radius 2 is 2.22 bits per heavy atom. The van der Waals surface area contributed by atoms with Crippen LogP contribution in [0.1, 0.15) is 19.8 Å². The van der Waals surface area contributed by atoms with Crippen molar-refractivity contribution in [2.75, 3.05) is 25.5 Å². The first-order chi connectivity index (χ1) is 8.67. The third-order valence-electron chi connectivity index (χ3n) is 2.42. The van der Waals surface area contributed by atoms with Crippen molar-refractivity contribution in [3.05, 3.63) is 24.0 Å². The SMILES string of the molecule is CCOc1ccc(NCCCC(=O)NC)cc1F. The Morgan fingerprint density at radius 1 is 1.44 bits per heavy atom. The minimum atomic E-state index is -0.381. The van der Waals surface area contributed by atoms with Crippen LogP contribution in [-0.2, 0) is 4.79 Å². The Morgan fingerprint density at radius 3 is 2.83 bits per heavy atom. The van der Waals surface area contributed by atoms with Crippen LogP contribution in [0.4, 0.5) is 10.1 Å². The molecule has 1 rings (SSSR count). The number of anilines is 1. The molecule has 0 heterocycles. The van der Waals surface area contributed by atoms with Crippen LogP contribution in [0.3, 0.4) is 0 Å². The van der Waals surface area contributed by atoms with Gasteiger partial charge in [-0.3, -0.25) is 4.79 Å². The van der Waals surface area contributed by atoms with Gasteiger partial charge in [0, 0.05) is 31.8 Å². The van der Waals surface area contributed by atoms with Crippen molar-refractivity contribution in [3.63, 3.8) is 0 Å². The predicted molar refractivity (Wildman–Crippen MR) is 69.4 cm³/mol. The molecule has 0 atom stereocenters. The number of rotatable bonds is 7. The normalized spacial score (nSPS) is 9.94. The van der Waals surface area contributed by atoms with Crippen molar-refractivity contribution in [2.45, 2.75) is 19.8 Å². The summed E-state index contributed by atoms with van der Waals surface area (Å²) in [6, 6.07) is 4.75. The summed E-state index contributed by atoms with van der Waals surface area (Å²) in [7, 11) is 1.61. The summed E-state index contributed by atoms with van der Waals surface area (Å²) in [4.78, 5) is 11.0. The molecule has 18 heavy (non-hydrogen) atoms. The van der Waals surface area contributed by atoms with Gasteiger partial charge in [-0.05, 0) is 25.5 Å². The van der Waals surface area contributed by atoms with Crippen LogP contribution in [0.15, 0.2) is 18.2 Å². The molecule has 0 spiro atoms. The fraction of sp³-hybridized carbons (Fsp3) is 0.462. The fourth-order valence-corrected chi connectivity index (χ4v) is 1.49. The number of hydrogen-bond donors (Lipinski definition) is 2. The maximum Gasteiger partial charge on any atom is 0.219 e. The summed E-state index contributed by atoms with van der Waals surface area (Å²) >= 11 is 0. The first-order valence-corrected chi connectivity index (χ1v) is 6.04. The van der Waals surface area contributed by atoms with Crippen molar-refractivity contribution in [1.82, 2.24) is 5.32 Å². The van der Waals surface area contributed by atoms with Crippen molar-refractivity contribution in [1.29, 1.82) is 0 Å². The van der Waals surface area contributed by atoms with E-state index in [0.29, 0.717) is 31.7 Å². The molecule has 0 fully saturated rings. The molecule has 4 nitrogen and oxygen atoms in total. The Kier molecular flexibility index (Phi) is 5.97. The molecule has 1 aromatic carbocycles. The van der Waals surface area contributed by atoms with Crippen LogP contribution < -0.4 is 15.4 Å². The standard InChI is InChI=1S/C13H19FN2O2/c1-3-18-12-7-6-10(9-11(12)14)16-8-4-5-13(17)15-2/h6-7,9,16H,3-5,8H2,1-2H3,(H,15,17). The molecule has 0 aromatic heterocycles. The van der Waals surface area contributed by atoms with Gasteiger partial charge in [0.15, 0.2) is 11.6 Å². The van der Waals surface area contributed by atoms with Crippen LogP contribution in [0.2, 0.25) is 0 Å². The van der Waals surface area contributed by atoms with Crippen molar-refractivity contribution in [3.8, 4) is 5.75 Å². The quantitative estimate of drug-likeness (QED) is 0.733. The van der Waals surface area contributed by atoms with Crippen LogP contribution >= 0.6 is 0 Å². The van der Waals surface area contributed by atoms with E-state index in [1.807, 2.05) is 6.92 Å². The summed E-state index contributed by atoms with van der Waals surface area (Å²) in [5.41, 5.74) is 0.688. The van der Waals surface area contributed by atoms with Crippen molar-refractivity contribution < 1.29 is 13.9 Å². The number of nitrogens with one attached hydrogen (secondary N) is 2. The Bertz CT molecular complexity index is 397. The second-order valence-electron chi connectivity index (χ2n) is 3.78. The molecule has 0 saturated carbocycles. The third kappa shape index (κ3) is 4.61. The molecule has 0 aliphatic carbocycles. The van der Waals surface area contributed by atoms with Gasteiger partial charge in [0.25, 0.3) is 0 Å². The van der Waals surface area contributed by atoms with Gasteiger partial charge in [0.2, 0.25) is 5.91 Å². The summed E-state index contributed by atoms with van der Waals surface area (Å²) in [5, 5.41) is 5.61. The number of carbonyl (C=O) groups is 1. The Labute approximate surface area is 107 Å². The van der Waals surface area contributed by atoms with Crippen molar-refractivity contribution >= 4 is 11.6 Å². The zero-order chi connectivity index (χ0) is 13.4. The van der Waals surface area contributed by atoms with Crippen molar-refractivity contribution in [2.24, 2.45) is 0 Å². The third-order valence-corrected chi connectivity index (χ3v) is 2.42. The van der Waals surface area contributed by atoms with Gasteiger partial charge >= 0.3 is 0 Å². The lowest BCUT2D eigenvalue weighted by molar-refractivity contribution is -0.120. The van der Waals surface area contributed by atoms with E-state index in [0.717, 1.165) is 0 Å². The van der Waals surface area contributed by atoms with E-state index in [9.17, 15) is 9.18 Å². The lowest BCUT2D eigenvalue weighted by Crippen LogP contribution is -2.18. The summed E-state index contributed by atoms with van der Waals surface area (Å²) in [6.07, 6.45) is 1.16. The number of amides is 1. The van der Waals surface area contributed by atoms with Gasteiger partial charge in [-0.15, -0.1) is 0 Å². The highest BCUT2D eigenvalue weighted by atomic mass is 19.1. The van der Waals surface area contributed by atoms with E-state index in [4.69, 9.17) is 4.74 Å². The number of benzene rings is 1. The molecule has 0 unspecified atom stereocenters. The van der Waals surface area contributed by atoms with Gasteiger partial charge in [-0.2, -0.15) is 0 Å². The molecule has 1 aromatic rings. The molecule has 5 heteroatoms. The monoisotopic (exact) mass is 254 g/mol. The number of carbonyl (C=O) groups excluding carboxylic acids is 1. The van der Waals surface area contributed by atoms with Crippen LogP contribution in [-0.4, -0.2) is 26.1 Å². The second-order valence-corrected chi connectivity index (χ2v) is 3.78. The Balaban J connectivity index is 2.39. The molecule has 100 valence electrons. The summed E-state index contributed by atoms with van der Waals surface area (Å²) in [5.74, 6) is -0.115. The van der Waals surface area contributed by atoms with Gasteiger partial charge in [-0.1, -0.05) is 0 Å². The van der Waals surface area contributed by atoms with E-state index >= 15 is 0 Å². The fourth-order valence-electron chi connectivity index (χ4n) is 1.49. The van der Waals surface area contributed by atoms with Gasteiger partial charge in [0.1, 0.15) is 0 Å². The lowest BCUT2D eigenvalue weighted by Gasteiger charge is -2.09. The van der Waals surface area contributed by atoms with Crippen LogP contribution in [0, 0.1) is 5.82 Å². The lowest BCUT2D eigenvalue weighted by atomic mass is 10.2. The Hall–Kier alpha value is -1.78. The largest absolute Gasteiger partial charge is 0.491 e. The first-order valence-electron chi connectivity index (χ1n) is 6.04. The highest BCUT2D eigenvalue weighted by molar-refractivity contribution is 5.75. The predicted octanol–water partition coefficient (Wildman–Crippen LogP) is 2.16.